The summed E-state index contributed by atoms with van der Waals surface area (Å²) >= 11 is 5.09. The van der Waals surface area contributed by atoms with E-state index in [2.05, 4.69) is 11.9 Å². The molecule has 4 heteroatoms. The summed E-state index contributed by atoms with van der Waals surface area (Å²) in [4.78, 5) is 13.3. The molecule has 1 aromatic carbocycles. The van der Waals surface area contributed by atoms with Gasteiger partial charge in [-0.15, -0.1) is 6.58 Å². The van der Waals surface area contributed by atoms with E-state index in [9.17, 15) is 4.79 Å². The summed E-state index contributed by atoms with van der Waals surface area (Å²) in [5.74, 6) is -0.0822. The molecule has 1 heterocycles. The number of carbonyl (C=O) groups excluding carboxylic acids is 1. The largest absolute Gasteiger partial charge is 0.347 e. The predicted molar refractivity (Wildman–Crippen MR) is 63.6 cm³/mol. The maximum absolute atomic E-state index is 11.9. The summed E-state index contributed by atoms with van der Waals surface area (Å²) in [5, 5.41) is 3.32. The molecule has 0 saturated carbocycles. The molecule has 0 unspecified atom stereocenters. The Kier molecular flexibility index (Phi) is 2.51. The normalized spacial score (nSPS) is 20.3. The number of benzene rings is 1. The SMILES string of the molecule is C=C[C@@H]1NC(=S)N(c2ccccc2)C1=O. The molecule has 1 saturated heterocycles. The van der Waals surface area contributed by atoms with Crippen LogP contribution < -0.4 is 10.2 Å². The van der Waals surface area contributed by atoms with Crippen LogP contribution in [0.3, 0.4) is 0 Å². The van der Waals surface area contributed by atoms with Gasteiger partial charge in [0, 0.05) is 0 Å². The first-order valence-corrected chi connectivity index (χ1v) is 4.97. The Bertz CT molecular complexity index is 416. The van der Waals surface area contributed by atoms with E-state index in [0.717, 1.165) is 5.69 Å². The molecule has 1 N–H and O–H groups in total. The molecule has 0 aliphatic carbocycles. The molecular formula is C11H10N2OS. The van der Waals surface area contributed by atoms with Crippen LogP contribution in [0.1, 0.15) is 0 Å². The fraction of sp³-hybridized carbons (Fsp3) is 0.0909. The monoisotopic (exact) mass is 218 g/mol. The first-order valence-electron chi connectivity index (χ1n) is 4.56. The van der Waals surface area contributed by atoms with Crippen LogP contribution >= 0.6 is 12.2 Å². The molecule has 3 nitrogen and oxygen atoms in total. The van der Waals surface area contributed by atoms with Crippen molar-refractivity contribution in [2.24, 2.45) is 0 Å². The van der Waals surface area contributed by atoms with Crippen molar-refractivity contribution in [3.05, 3.63) is 43.0 Å². The number of para-hydroxylation sites is 1. The molecule has 0 spiro atoms. The Morgan fingerprint density at radius 2 is 2.07 bits per heavy atom. The average Bonchev–Trinajstić information content (AvgIpc) is 2.55. The van der Waals surface area contributed by atoms with Gasteiger partial charge >= 0.3 is 0 Å². The lowest BCUT2D eigenvalue weighted by molar-refractivity contribution is -0.117. The number of carbonyl (C=O) groups is 1. The van der Waals surface area contributed by atoms with Crippen LogP contribution in [0.2, 0.25) is 0 Å². The quantitative estimate of drug-likeness (QED) is 0.602. The van der Waals surface area contributed by atoms with Crippen molar-refractivity contribution in [2.45, 2.75) is 6.04 Å². The fourth-order valence-electron chi connectivity index (χ4n) is 1.48. The minimum absolute atomic E-state index is 0.0822. The van der Waals surface area contributed by atoms with Crippen molar-refractivity contribution < 1.29 is 4.79 Å². The molecule has 0 radical (unpaired) electrons. The molecule has 1 fully saturated rings. The smallest absolute Gasteiger partial charge is 0.259 e. The zero-order valence-corrected chi connectivity index (χ0v) is 8.83. The van der Waals surface area contributed by atoms with E-state index in [-0.39, 0.29) is 5.91 Å². The second-order valence-electron chi connectivity index (χ2n) is 3.17. The summed E-state index contributed by atoms with van der Waals surface area (Å²) < 4.78 is 0. The summed E-state index contributed by atoms with van der Waals surface area (Å²) in [7, 11) is 0. The Balaban J connectivity index is 2.35. The van der Waals surface area contributed by atoms with Gasteiger partial charge in [-0.25, -0.2) is 0 Å². The molecule has 76 valence electrons. The highest BCUT2D eigenvalue weighted by molar-refractivity contribution is 7.80. The van der Waals surface area contributed by atoms with Gasteiger partial charge in [0.25, 0.3) is 5.91 Å². The van der Waals surface area contributed by atoms with Crippen molar-refractivity contribution in [3.8, 4) is 0 Å². The van der Waals surface area contributed by atoms with Gasteiger partial charge in [0.05, 0.1) is 5.69 Å². The lowest BCUT2D eigenvalue weighted by Crippen LogP contribution is -2.30. The molecule has 2 rings (SSSR count). The van der Waals surface area contributed by atoms with Gasteiger partial charge in [-0.3, -0.25) is 9.69 Å². The Labute approximate surface area is 93.4 Å². The molecule has 0 aromatic heterocycles. The summed E-state index contributed by atoms with van der Waals surface area (Å²) in [6.07, 6.45) is 1.55. The van der Waals surface area contributed by atoms with Crippen LogP contribution in [0.5, 0.6) is 0 Å². The third-order valence-corrected chi connectivity index (χ3v) is 2.52. The highest BCUT2D eigenvalue weighted by atomic mass is 32.1. The first kappa shape index (κ1) is 9.86. The molecule has 1 amide bonds. The van der Waals surface area contributed by atoms with Crippen LogP contribution in [0, 0.1) is 0 Å². The summed E-state index contributed by atoms with van der Waals surface area (Å²) in [5.41, 5.74) is 0.782. The molecule has 15 heavy (non-hydrogen) atoms. The van der Waals surface area contributed by atoms with Gasteiger partial charge in [-0.05, 0) is 24.4 Å². The van der Waals surface area contributed by atoms with E-state index in [1.165, 1.54) is 4.90 Å². The number of amides is 1. The molecule has 1 aliphatic heterocycles. The average molecular weight is 218 g/mol. The van der Waals surface area contributed by atoms with Gasteiger partial charge in [0.1, 0.15) is 6.04 Å². The van der Waals surface area contributed by atoms with Crippen LogP contribution in [-0.4, -0.2) is 17.1 Å². The highest BCUT2D eigenvalue weighted by Crippen LogP contribution is 2.19. The number of anilines is 1. The lowest BCUT2D eigenvalue weighted by Gasteiger charge is -2.13. The van der Waals surface area contributed by atoms with Crippen LogP contribution in [-0.2, 0) is 4.79 Å². The second kappa shape index (κ2) is 3.82. The fourth-order valence-corrected chi connectivity index (χ4v) is 1.80. The number of hydrogen-bond acceptors (Lipinski definition) is 2. The van der Waals surface area contributed by atoms with E-state index in [1.807, 2.05) is 30.3 Å². The Hall–Kier alpha value is -1.68. The van der Waals surface area contributed by atoms with Gasteiger partial charge in [-0.1, -0.05) is 24.3 Å². The van der Waals surface area contributed by atoms with E-state index in [1.54, 1.807) is 6.08 Å². The number of nitrogens with one attached hydrogen (secondary N) is 1. The number of hydrogen-bond donors (Lipinski definition) is 1. The summed E-state index contributed by atoms with van der Waals surface area (Å²) in [6.45, 7) is 3.59. The number of rotatable bonds is 2. The second-order valence-corrected chi connectivity index (χ2v) is 3.56. The van der Waals surface area contributed by atoms with Crippen molar-refractivity contribution in [1.82, 2.24) is 5.32 Å². The summed E-state index contributed by atoms with van der Waals surface area (Å²) in [6, 6.07) is 8.91. The van der Waals surface area contributed by atoms with E-state index >= 15 is 0 Å². The standard InChI is InChI=1S/C11H10N2OS/c1-2-9-10(14)13(11(15)12-9)8-6-4-3-5-7-8/h2-7,9H,1H2,(H,12,15)/t9-/m0/s1. The third-order valence-electron chi connectivity index (χ3n) is 2.22. The van der Waals surface area contributed by atoms with Crippen LogP contribution in [0.4, 0.5) is 5.69 Å². The molecule has 1 aliphatic rings. The molecule has 1 aromatic rings. The molecule has 0 bridgehead atoms. The molecular weight excluding hydrogens is 208 g/mol. The van der Waals surface area contributed by atoms with Gasteiger partial charge in [0.15, 0.2) is 5.11 Å². The minimum atomic E-state index is -0.405. The zero-order valence-electron chi connectivity index (χ0n) is 8.01. The van der Waals surface area contributed by atoms with Crippen molar-refractivity contribution in [1.29, 1.82) is 0 Å². The van der Waals surface area contributed by atoms with Gasteiger partial charge < -0.3 is 5.32 Å². The van der Waals surface area contributed by atoms with Crippen LogP contribution in [0.25, 0.3) is 0 Å². The van der Waals surface area contributed by atoms with Crippen molar-refractivity contribution in [3.63, 3.8) is 0 Å². The van der Waals surface area contributed by atoms with E-state index < -0.39 is 6.04 Å². The maximum Gasteiger partial charge on any atom is 0.259 e. The number of thiocarbonyl (C=S) groups is 1. The van der Waals surface area contributed by atoms with Crippen molar-refractivity contribution >= 4 is 28.9 Å². The lowest BCUT2D eigenvalue weighted by atomic mass is 10.2. The van der Waals surface area contributed by atoms with Crippen molar-refractivity contribution in [2.75, 3.05) is 4.90 Å². The van der Waals surface area contributed by atoms with Gasteiger partial charge in [-0.2, -0.15) is 0 Å². The zero-order chi connectivity index (χ0) is 10.8. The van der Waals surface area contributed by atoms with E-state index in [4.69, 9.17) is 12.2 Å². The minimum Gasteiger partial charge on any atom is -0.347 e. The highest BCUT2D eigenvalue weighted by Gasteiger charge is 2.34. The Morgan fingerprint density at radius 3 is 2.60 bits per heavy atom. The first-order chi connectivity index (χ1) is 7.24. The maximum atomic E-state index is 11.9. The predicted octanol–water partition coefficient (Wildman–Crippen LogP) is 1.46. The van der Waals surface area contributed by atoms with E-state index in [0.29, 0.717) is 5.11 Å². The third kappa shape index (κ3) is 1.64. The molecule has 1 atom stereocenters. The Morgan fingerprint density at radius 1 is 1.40 bits per heavy atom. The topological polar surface area (TPSA) is 32.3 Å². The van der Waals surface area contributed by atoms with Gasteiger partial charge in [0.2, 0.25) is 0 Å². The number of nitrogens with zero attached hydrogens (tertiary/aromatic N) is 1. The van der Waals surface area contributed by atoms with Crippen LogP contribution in [0.15, 0.2) is 43.0 Å².